The molecule has 0 fully saturated rings. The van der Waals surface area contributed by atoms with Crippen LogP contribution in [0.3, 0.4) is 0 Å². The lowest BCUT2D eigenvalue weighted by Crippen LogP contribution is -1.87. The second kappa shape index (κ2) is 3.68. The van der Waals surface area contributed by atoms with Gasteiger partial charge in [-0.3, -0.25) is 0 Å². The van der Waals surface area contributed by atoms with Crippen LogP contribution in [-0.4, -0.2) is 4.57 Å². The number of benzene rings is 1. The van der Waals surface area contributed by atoms with Gasteiger partial charge in [0.15, 0.2) is 0 Å². The Morgan fingerprint density at radius 2 is 1.38 bits per heavy atom. The van der Waals surface area contributed by atoms with Crippen LogP contribution in [0, 0.1) is 0 Å². The molecule has 0 radical (unpaired) electrons. The van der Waals surface area contributed by atoms with E-state index in [0.29, 0.717) is 0 Å². The lowest BCUT2D eigenvalue weighted by Gasteiger charge is -1.99. The van der Waals surface area contributed by atoms with E-state index in [-0.39, 0.29) is 0 Å². The quantitative estimate of drug-likeness (QED) is 0.750. The molecule has 0 aliphatic rings. The number of hydrogen-bond donors (Lipinski definition) is 0. The molecule has 0 N–H and O–H groups in total. The van der Waals surface area contributed by atoms with Gasteiger partial charge >= 0.3 is 0 Å². The Kier molecular flexibility index (Phi) is 2.56. The molecule has 0 unspecified atom stereocenters. The maximum atomic E-state index is 3.45. The second-order valence-electron chi connectivity index (χ2n) is 2.70. The van der Waals surface area contributed by atoms with Crippen molar-refractivity contribution in [3.63, 3.8) is 0 Å². The van der Waals surface area contributed by atoms with Crippen molar-refractivity contribution < 1.29 is 0 Å². The first-order valence-electron chi connectivity index (χ1n) is 3.86. The van der Waals surface area contributed by atoms with Gasteiger partial charge in [0.05, 0.1) is 0 Å². The van der Waals surface area contributed by atoms with E-state index in [1.807, 2.05) is 30.6 Å². The van der Waals surface area contributed by atoms with Crippen LogP contribution in [0.25, 0.3) is 5.69 Å². The van der Waals surface area contributed by atoms with Crippen LogP contribution in [0.1, 0.15) is 0 Å². The number of aromatic nitrogens is 1. The van der Waals surface area contributed by atoms with Gasteiger partial charge in [0, 0.05) is 27.0 Å². The Morgan fingerprint density at radius 1 is 0.846 bits per heavy atom. The number of hydrogen-bond acceptors (Lipinski definition) is 0. The normalized spacial score (nSPS) is 10.3. The summed E-state index contributed by atoms with van der Waals surface area (Å²) in [6.07, 6.45) is 4.05. The molecule has 0 aliphatic heterocycles. The minimum absolute atomic E-state index is 1.07. The van der Waals surface area contributed by atoms with Crippen molar-refractivity contribution in [2.24, 2.45) is 0 Å². The molecule has 1 heterocycles. The highest BCUT2D eigenvalue weighted by molar-refractivity contribution is 9.13. The van der Waals surface area contributed by atoms with E-state index in [2.05, 4.69) is 48.6 Å². The summed E-state index contributed by atoms with van der Waals surface area (Å²) in [6, 6.07) is 10.2. The van der Waals surface area contributed by atoms with Crippen LogP contribution in [0.5, 0.6) is 0 Å². The van der Waals surface area contributed by atoms with Gasteiger partial charge in [-0.25, -0.2) is 0 Å². The number of halogens is 2. The van der Waals surface area contributed by atoms with E-state index in [4.69, 9.17) is 0 Å². The molecule has 0 aliphatic carbocycles. The van der Waals surface area contributed by atoms with Crippen LogP contribution in [0.15, 0.2) is 51.7 Å². The molecule has 13 heavy (non-hydrogen) atoms. The molecule has 66 valence electrons. The third-order valence-electron chi connectivity index (χ3n) is 1.79. The molecule has 0 saturated carbocycles. The molecule has 1 aromatic heterocycles. The van der Waals surface area contributed by atoms with Crippen molar-refractivity contribution in [3.05, 3.63) is 51.7 Å². The van der Waals surface area contributed by atoms with Crippen molar-refractivity contribution in [1.82, 2.24) is 4.57 Å². The number of rotatable bonds is 1. The molecule has 0 bridgehead atoms. The third kappa shape index (κ3) is 1.86. The predicted octanol–water partition coefficient (Wildman–Crippen LogP) is 4.00. The van der Waals surface area contributed by atoms with Gasteiger partial charge in [-0.15, -0.1) is 0 Å². The van der Waals surface area contributed by atoms with Gasteiger partial charge in [-0.05, 0) is 44.0 Å². The van der Waals surface area contributed by atoms with Crippen LogP contribution in [-0.2, 0) is 0 Å². The van der Waals surface area contributed by atoms with Gasteiger partial charge in [-0.1, -0.05) is 18.2 Å². The summed E-state index contributed by atoms with van der Waals surface area (Å²) < 4.78 is 4.20. The van der Waals surface area contributed by atoms with E-state index in [0.717, 1.165) is 14.6 Å². The van der Waals surface area contributed by atoms with Crippen LogP contribution < -0.4 is 0 Å². The molecule has 2 aromatic rings. The molecule has 0 spiro atoms. The van der Waals surface area contributed by atoms with Gasteiger partial charge in [0.1, 0.15) is 0 Å². The monoisotopic (exact) mass is 299 g/mol. The standard InChI is InChI=1S/C10H7Br2N/c11-9-6-13(7-10(9)12)8-4-2-1-3-5-8/h1-7H. The molecule has 0 atom stereocenters. The Bertz CT molecular complexity index is 387. The first-order chi connectivity index (χ1) is 6.27. The summed E-state index contributed by atoms with van der Waals surface area (Å²) in [4.78, 5) is 0. The zero-order valence-corrected chi connectivity index (χ0v) is 9.92. The Labute approximate surface area is 93.6 Å². The Balaban J connectivity index is 2.48. The molecular weight excluding hydrogens is 294 g/mol. The zero-order valence-electron chi connectivity index (χ0n) is 6.74. The molecule has 1 nitrogen and oxygen atoms in total. The smallest absolute Gasteiger partial charge is 0.0498 e. The second-order valence-corrected chi connectivity index (χ2v) is 4.41. The van der Waals surface area contributed by atoms with Gasteiger partial charge in [0.25, 0.3) is 0 Å². The summed E-state index contributed by atoms with van der Waals surface area (Å²) >= 11 is 6.89. The van der Waals surface area contributed by atoms with E-state index in [1.165, 1.54) is 0 Å². The molecule has 0 saturated heterocycles. The lowest BCUT2D eigenvalue weighted by molar-refractivity contribution is 1.08. The Morgan fingerprint density at radius 3 is 1.92 bits per heavy atom. The highest BCUT2D eigenvalue weighted by atomic mass is 79.9. The van der Waals surface area contributed by atoms with Crippen molar-refractivity contribution in [3.8, 4) is 5.69 Å². The van der Waals surface area contributed by atoms with Crippen LogP contribution >= 0.6 is 31.9 Å². The van der Waals surface area contributed by atoms with Crippen molar-refractivity contribution in [1.29, 1.82) is 0 Å². The van der Waals surface area contributed by atoms with Gasteiger partial charge < -0.3 is 4.57 Å². The highest BCUT2D eigenvalue weighted by Gasteiger charge is 2.01. The van der Waals surface area contributed by atoms with E-state index < -0.39 is 0 Å². The molecule has 1 aromatic carbocycles. The fourth-order valence-electron chi connectivity index (χ4n) is 1.15. The summed E-state index contributed by atoms with van der Waals surface area (Å²) in [5, 5.41) is 0. The number of para-hydroxylation sites is 1. The zero-order chi connectivity index (χ0) is 9.26. The van der Waals surface area contributed by atoms with E-state index in [9.17, 15) is 0 Å². The maximum Gasteiger partial charge on any atom is 0.0498 e. The first kappa shape index (κ1) is 9.03. The Hall–Kier alpha value is -0.540. The molecule has 0 amide bonds. The summed E-state index contributed by atoms with van der Waals surface area (Å²) in [6.45, 7) is 0. The summed E-state index contributed by atoms with van der Waals surface area (Å²) in [7, 11) is 0. The van der Waals surface area contributed by atoms with Gasteiger partial charge in [-0.2, -0.15) is 0 Å². The van der Waals surface area contributed by atoms with E-state index in [1.54, 1.807) is 0 Å². The van der Waals surface area contributed by atoms with Crippen molar-refractivity contribution in [2.45, 2.75) is 0 Å². The van der Waals surface area contributed by atoms with Gasteiger partial charge in [0.2, 0.25) is 0 Å². The number of nitrogens with zero attached hydrogens (tertiary/aromatic N) is 1. The highest BCUT2D eigenvalue weighted by Crippen LogP contribution is 2.25. The van der Waals surface area contributed by atoms with Crippen LogP contribution in [0.4, 0.5) is 0 Å². The molecule has 2 rings (SSSR count). The van der Waals surface area contributed by atoms with Crippen molar-refractivity contribution in [2.75, 3.05) is 0 Å². The van der Waals surface area contributed by atoms with E-state index >= 15 is 0 Å². The average molecular weight is 301 g/mol. The fourth-order valence-corrected chi connectivity index (χ4v) is 1.80. The predicted molar refractivity (Wildman–Crippen MR) is 61.2 cm³/mol. The molecule has 3 heteroatoms. The summed E-state index contributed by atoms with van der Waals surface area (Å²) in [5.74, 6) is 0. The SMILES string of the molecule is Brc1cn(-c2ccccc2)cc1Br. The summed E-state index contributed by atoms with van der Waals surface area (Å²) in [5.41, 5.74) is 1.16. The fraction of sp³-hybridized carbons (Fsp3) is 0. The van der Waals surface area contributed by atoms with Crippen LogP contribution in [0.2, 0.25) is 0 Å². The largest absolute Gasteiger partial charge is 0.322 e. The third-order valence-corrected chi connectivity index (χ3v) is 3.58. The maximum absolute atomic E-state index is 3.45. The van der Waals surface area contributed by atoms with Crippen molar-refractivity contribution >= 4 is 31.9 Å². The minimum Gasteiger partial charge on any atom is -0.322 e. The first-order valence-corrected chi connectivity index (χ1v) is 5.44. The topological polar surface area (TPSA) is 4.93 Å². The average Bonchev–Trinajstić information content (AvgIpc) is 2.49. The minimum atomic E-state index is 1.07. The molecular formula is C10H7Br2N. The lowest BCUT2D eigenvalue weighted by atomic mass is 10.3.